The number of benzene rings is 2. The second kappa shape index (κ2) is 6.25. The SMILES string of the molecule is O=C(Nc1ccc2cn[nH]c2c1)c1ccc(N2CCc3ccccc32)nc1. The molecule has 1 aliphatic rings. The van der Waals surface area contributed by atoms with Crippen LogP contribution in [0.4, 0.5) is 17.2 Å². The molecule has 0 unspecified atom stereocenters. The van der Waals surface area contributed by atoms with E-state index in [1.54, 1.807) is 12.4 Å². The molecule has 0 radical (unpaired) electrons. The van der Waals surface area contributed by atoms with Crippen molar-refractivity contribution in [1.29, 1.82) is 0 Å². The Labute approximate surface area is 155 Å². The van der Waals surface area contributed by atoms with E-state index in [0.29, 0.717) is 11.3 Å². The van der Waals surface area contributed by atoms with Gasteiger partial charge in [0.05, 0.1) is 17.3 Å². The van der Waals surface area contributed by atoms with Gasteiger partial charge in [0.25, 0.3) is 5.91 Å². The molecule has 4 aromatic rings. The zero-order chi connectivity index (χ0) is 18.2. The van der Waals surface area contributed by atoms with Crippen molar-refractivity contribution in [2.24, 2.45) is 0 Å². The third kappa shape index (κ3) is 2.81. The summed E-state index contributed by atoms with van der Waals surface area (Å²) in [6, 6.07) is 17.7. The summed E-state index contributed by atoms with van der Waals surface area (Å²) >= 11 is 0. The number of aromatic amines is 1. The molecular formula is C21H17N5O. The smallest absolute Gasteiger partial charge is 0.257 e. The molecule has 0 spiro atoms. The van der Waals surface area contributed by atoms with Crippen molar-refractivity contribution in [1.82, 2.24) is 15.2 Å². The van der Waals surface area contributed by atoms with Gasteiger partial charge in [0.2, 0.25) is 0 Å². The Kier molecular flexibility index (Phi) is 3.60. The fourth-order valence-electron chi connectivity index (χ4n) is 3.47. The van der Waals surface area contributed by atoms with Gasteiger partial charge in [-0.15, -0.1) is 0 Å². The van der Waals surface area contributed by atoms with Gasteiger partial charge in [-0.25, -0.2) is 4.98 Å². The molecule has 1 aliphatic heterocycles. The van der Waals surface area contributed by atoms with E-state index in [2.05, 4.69) is 43.6 Å². The van der Waals surface area contributed by atoms with E-state index in [9.17, 15) is 4.79 Å². The lowest BCUT2D eigenvalue weighted by Crippen LogP contribution is -2.16. The van der Waals surface area contributed by atoms with Crippen LogP contribution < -0.4 is 10.2 Å². The average Bonchev–Trinajstić information content (AvgIpc) is 3.34. The van der Waals surface area contributed by atoms with Crippen LogP contribution in [0.3, 0.4) is 0 Å². The highest BCUT2D eigenvalue weighted by atomic mass is 16.1. The lowest BCUT2D eigenvalue weighted by molar-refractivity contribution is 0.102. The van der Waals surface area contributed by atoms with E-state index >= 15 is 0 Å². The van der Waals surface area contributed by atoms with Crippen molar-refractivity contribution < 1.29 is 4.79 Å². The molecule has 0 saturated carbocycles. The molecule has 2 N–H and O–H groups in total. The highest BCUT2D eigenvalue weighted by molar-refractivity contribution is 6.05. The summed E-state index contributed by atoms with van der Waals surface area (Å²) in [6.07, 6.45) is 4.39. The van der Waals surface area contributed by atoms with Crippen LogP contribution in [0.25, 0.3) is 10.9 Å². The molecule has 27 heavy (non-hydrogen) atoms. The number of fused-ring (bicyclic) bond motifs is 2. The van der Waals surface area contributed by atoms with Crippen molar-refractivity contribution in [2.45, 2.75) is 6.42 Å². The molecule has 6 heteroatoms. The number of pyridine rings is 1. The summed E-state index contributed by atoms with van der Waals surface area (Å²) in [5, 5.41) is 10.8. The van der Waals surface area contributed by atoms with E-state index in [1.807, 2.05) is 36.4 Å². The second-order valence-corrected chi connectivity index (χ2v) is 6.56. The maximum absolute atomic E-state index is 12.5. The number of nitrogens with zero attached hydrogens (tertiary/aromatic N) is 3. The zero-order valence-electron chi connectivity index (χ0n) is 14.5. The monoisotopic (exact) mass is 355 g/mol. The van der Waals surface area contributed by atoms with Crippen LogP contribution in [0, 0.1) is 0 Å². The van der Waals surface area contributed by atoms with Crippen molar-refractivity contribution in [3.63, 3.8) is 0 Å². The van der Waals surface area contributed by atoms with Gasteiger partial charge < -0.3 is 10.2 Å². The summed E-state index contributed by atoms with van der Waals surface area (Å²) in [5.74, 6) is 0.671. The maximum Gasteiger partial charge on any atom is 0.257 e. The first kappa shape index (κ1) is 15.6. The fourth-order valence-corrected chi connectivity index (χ4v) is 3.47. The van der Waals surface area contributed by atoms with Gasteiger partial charge in [-0.3, -0.25) is 9.89 Å². The minimum Gasteiger partial charge on any atom is -0.326 e. The number of hydrogen-bond acceptors (Lipinski definition) is 4. The molecule has 0 atom stereocenters. The number of aromatic nitrogens is 3. The number of nitrogens with one attached hydrogen (secondary N) is 2. The Bertz CT molecular complexity index is 1130. The number of para-hydroxylation sites is 1. The van der Waals surface area contributed by atoms with Crippen LogP contribution in [-0.4, -0.2) is 27.6 Å². The highest BCUT2D eigenvalue weighted by Crippen LogP contribution is 2.33. The Hall–Kier alpha value is -3.67. The molecule has 0 bridgehead atoms. The topological polar surface area (TPSA) is 73.9 Å². The largest absolute Gasteiger partial charge is 0.326 e. The van der Waals surface area contributed by atoms with Gasteiger partial charge in [-0.1, -0.05) is 18.2 Å². The average molecular weight is 355 g/mol. The van der Waals surface area contributed by atoms with E-state index in [-0.39, 0.29) is 5.91 Å². The van der Waals surface area contributed by atoms with Crippen LogP contribution in [0.1, 0.15) is 15.9 Å². The molecule has 3 heterocycles. The Balaban J connectivity index is 1.35. The van der Waals surface area contributed by atoms with Crippen LogP contribution in [0.15, 0.2) is 67.0 Å². The van der Waals surface area contributed by atoms with Crippen LogP contribution in [0.2, 0.25) is 0 Å². The fraction of sp³-hybridized carbons (Fsp3) is 0.0952. The number of carbonyl (C=O) groups excluding carboxylic acids is 1. The number of anilines is 3. The van der Waals surface area contributed by atoms with Crippen molar-refractivity contribution >= 4 is 34.0 Å². The van der Waals surface area contributed by atoms with Gasteiger partial charge in [-0.2, -0.15) is 5.10 Å². The van der Waals surface area contributed by atoms with Gasteiger partial charge in [-0.05, 0) is 48.4 Å². The normalized spacial score (nSPS) is 13.0. The van der Waals surface area contributed by atoms with Crippen LogP contribution in [-0.2, 0) is 6.42 Å². The molecule has 0 saturated heterocycles. The van der Waals surface area contributed by atoms with Crippen molar-refractivity contribution in [3.8, 4) is 0 Å². The van der Waals surface area contributed by atoms with Crippen LogP contribution >= 0.6 is 0 Å². The van der Waals surface area contributed by atoms with Crippen LogP contribution in [0.5, 0.6) is 0 Å². The Morgan fingerprint density at radius 2 is 2.00 bits per heavy atom. The number of hydrogen-bond donors (Lipinski definition) is 2. The second-order valence-electron chi connectivity index (χ2n) is 6.56. The van der Waals surface area contributed by atoms with Gasteiger partial charge in [0.15, 0.2) is 0 Å². The molecule has 5 rings (SSSR count). The molecule has 1 amide bonds. The van der Waals surface area contributed by atoms with E-state index < -0.39 is 0 Å². The summed E-state index contributed by atoms with van der Waals surface area (Å²) in [6.45, 7) is 0.905. The number of carbonyl (C=O) groups is 1. The predicted octanol–water partition coefficient (Wildman–Crippen LogP) is 3.90. The van der Waals surface area contributed by atoms with E-state index in [4.69, 9.17) is 0 Å². The van der Waals surface area contributed by atoms with E-state index in [0.717, 1.165) is 29.7 Å². The summed E-state index contributed by atoms with van der Waals surface area (Å²) in [4.78, 5) is 19.2. The van der Waals surface area contributed by atoms with Crippen molar-refractivity contribution in [2.75, 3.05) is 16.8 Å². The lowest BCUT2D eigenvalue weighted by atomic mass is 10.2. The first-order valence-electron chi connectivity index (χ1n) is 8.84. The molecule has 2 aromatic carbocycles. The standard InChI is InChI=1S/C21H17N5O/c27-21(24-17-7-5-15-13-23-25-18(15)11-17)16-6-8-20(22-12-16)26-10-9-14-3-1-2-4-19(14)26/h1-8,11-13H,9-10H2,(H,23,25)(H,24,27). The first-order valence-corrected chi connectivity index (χ1v) is 8.84. The summed E-state index contributed by atoms with van der Waals surface area (Å²) in [5.41, 5.74) is 4.64. The number of amides is 1. The Morgan fingerprint density at radius 1 is 1.07 bits per heavy atom. The van der Waals surface area contributed by atoms with E-state index in [1.165, 1.54) is 11.3 Å². The zero-order valence-corrected chi connectivity index (χ0v) is 14.5. The van der Waals surface area contributed by atoms with Crippen molar-refractivity contribution in [3.05, 3.63) is 78.1 Å². The Morgan fingerprint density at radius 3 is 2.89 bits per heavy atom. The minimum absolute atomic E-state index is 0.185. The summed E-state index contributed by atoms with van der Waals surface area (Å²) < 4.78 is 0. The molecular weight excluding hydrogens is 338 g/mol. The van der Waals surface area contributed by atoms with Gasteiger partial charge in [0, 0.05) is 29.5 Å². The van der Waals surface area contributed by atoms with Gasteiger partial charge >= 0.3 is 0 Å². The quantitative estimate of drug-likeness (QED) is 0.584. The first-order chi connectivity index (χ1) is 13.3. The number of H-pyrrole nitrogens is 1. The molecule has 0 aliphatic carbocycles. The molecule has 2 aromatic heterocycles. The predicted molar refractivity (Wildman–Crippen MR) is 105 cm³/mol. The lowest BCUT2D eigenvalue weighted by Gasteiger charge is -2.18. The minimum atomic E-state index is -0.185. The molecule has 0 fully saturated rings. The third-order valence-corrected chi connectivity index (χ3v) is 4.87. The third-order valence-electron chi connectivity index (χ3n) is 4.87. The summed E-state index contributed by atoms with van der Waals surface area (Å²) in [7, 11) is 0. The molecule has 6 nitrogen and oxygen atoms in total. The number of rotatable bonds is 3. The van der Waals surface area contributed by atoms with Gasteiger partial charge in [0.1, 0.15) is 5.82 Å². The maximum atomic E-state index is 12.5. The highest BCUT2D eigenvalue weighted by Gasteiger charge is 2.20. The molecule has 132 valence electrons.